The van der Waals surface area contributed by atoms with Crippen molar-refractivity contribution in [3.8, 4) is 0 Å². The Bertz CT molecular complexity index is 830. The molecule has 2 amide bonds. The summed E-state index contributed by atoms with van der Waals surface area (Å²) in [6, 6.07) is 4.91. The van der Waals surface area contributed by atoms with Gasteiger partial charge in [0.05, 0.1) is 21.6 Å². The predicted molar refractivity (Wildman–Crippen MR) is 107 cm³/mol. The SMILES string of the molecule is CC1CCC(NC(=O)CCS(=O)(=O)c2ccc3c(c2)NC(=O)[C@@H](C)S3)CC1. The third-order valence-corrected chi connectivity index (χ3v) is 8.11. The molecule has 1 heterocycles. The maximum Gasteiger partial charge on any atom is 0.237 e. The van der Waals surface area contributed by atoms with E-state index in [2.05, 4.69) is 17.6 Å². The maximum absolute atomic E-state index is 12.6. The van der Waals surface area contributed by atoms with E-state index < -0.39 is 9.84 Å². The molecule has 2 N–H and O–H groups in total. The number of benzene rings is 1. The maximum atomic E-state index is 12.6. The zero-order valence-electron chi connectivity index (χ0n) is 15.7. The largest absolute Gasteiger partial charge is 0.353 e. The van der Waals surface area contributed by atoms with E-state index in [1.165, 1.54) is 17.8 Å². The summed E-state index contributed by atoms with van der Waals surface area (Å²) in [6.07, 6.45) is 4.06. The summed E-state index contributed by atoms with van der Waals surface area (Å²) in [7, 11) is -3.59. The molecule has 148 valence electrons. The average molecular weight is 411 g/mol. The van der Waals surface area contributed by atoms with Gasteiger partial charge >= 0.3 is 0 Å². The summed E-state index contributed by atoms with van der Waals surface area (Å²) in [5.74, 6) is 0.110. The van der Waals surface area contributed by atoms with Crippen LogP contribution in [0.15, 0.2) is 28.0 Å². The van der Waals surface area contributed by atoms with Crippen LogP contribution in [0.3, 0.4) is 0 Å². The van der Waals surface area contributed by atoms with Crippen LogP contribution in [-0.4, -0.2) is 37.3 Å². The van der Waals surface area contributed by atoms with Gasteiger partial charge < -0.3 is 10.6 Å². The summed E-state index contributed by atoms with van der Waals surface area (Å²) < 4.78 is 25.2. The first kappa shape index (κ1) is 20.2. The molecule has 27 heavy (non-hydrogen) atoms. The fourth-order valence-corrected chi connectivity index (χ4v) is 5.62. The molecule has 3 rings (SSSR count). The highest BCUT2D eigenvalue weighted by molar-refractivity contribution is 8.01. The van der Waals surface area contributed by atoms with Crippen LogP contribution >= 0.6 is 11.8 Å². The van der Waals surface area contributed by atoms with Crippen molar-refractivity contribution in [3.63, 3.8) is 0 Å². The zero-order chi connectivity index (χ0) is 19.6. The van der Waals surface area contributed by atoms with E-state index in [-0.39, 0.29) is 40.2 Å². The standard InChI is InChI=1S/C19H26N2O4S2/c1-12-3-5-14(6-4-12)20-18(22)9-10-27(24,25)15-7-8-17-16(11-15)21-19(23)13(2)26-17/h7-8,11-14H,3-6,9-10H2,1-2H3,(H,20,22)(H,21,23)/t12?,13-,14?/m1/s1. The number of hydrogen-bond acceptors (Lipinski definition) is 5. The van der Waals surface area contributed by atoms with Gasteiger partial charge in [0.2, 0.25) is 11.8 Å². The van der Waals surface area contributed by atoms with Crippen molar-refractivity contribution in [2.75, 3.05) is 11.1 Å². The van der Waals surface area contributed by atoms with Gasteiger partial charge in [0.15, 0.2) is 9.84 Å². The molecule has 2 aliphatic rings. The van der Waals surface area contributed by atoms with E-state index in [4.69, 9.17) is 0 Å². The van der Waals surface area contributed by atoms with Crippen LogP contribution in [-0.2, 0) is 19.4 Å². The highest BCUT2D eigenvalue weighted by Crippen LogP contribution is 2.36. The zero-order valence-corrected chi connectivity index (χ0v) is 17.3. The topological polar surface area (TPSA) is 92.3 Å². The second-order valence-corrected chi connectivity index (χ2v) is 11.0. The fraction of sp³-hybridized carbons (Fsp3) is 0.579. The molecule has 0 bridgehead atoms. The van der Waals surface area contributed by atoms with Crippen LogP contribution in [0.25, 0.3) is 0 Å². The molecule has 0 unspecified atom stereocenters. The molecule has 6 nitrogen and oxygen atoms in total. The molecule has 0 spiro atoms. The summed E-state index contributed by atoms with van der Waals surface area (Å²) in [5.41, 5.74) is 0.518. The van der Waals surface area contributed by atoms with Gasteiger partial charge in [0, 0.05) is 17.4 Å². The highest BCUT2D eigenvalue weighted by Gasteiger charge is 2.26. The molecule has 1 aliphatic heterocycles. The number of rotatable bonds is 5. The molecule has 1 atom stereocenters. The molecular formula is C19H26N2O4S2. The van der Waals surface area contributed by atoms with Crippen molar-refractivity contribution < 1.29 is 18.0 Å². The number of carbonyl (C=O) groups excluding carboxylic acids is 2. The van der Waals surface area contributed by atoms with Crippen molar-refractivity contribution in [2.24, 2.45) is 5.92 Å². The number of carbonyl (C=O) groups is 2. The van der Waals surface area contributed by atoms with E-state index in [1.807, 2.05) is 0 Å². The number of amides is 2. The Morgan fingerprint density at radius 1 is 1.22 bits per heavy atom. The first-order chi connectivity index (χ1) is 12.7. The van der Waals surface area contributed by atoms with Gasteiger partial charge in [-0.3, -0.25) is 9.59 Å². The molecule has 8 heteroatoms. The number of anilines is 1. The Morgan fingerprint density at radius 2 is 1.93 bits per heavy atom. The minimum absolute atomic E-state index is 0.0520. The molecule has 1 aromatic rings. The number of sulfone groups is 1. The van der Waals surface area contributed by atoms with Gasteiger partial charge in [0.1, 0.15) is 0 Å². The van der Waals surface area contributed by atoms with E-state index in [1.54, 1.807) is 19.1 Å². The number of fused-ring (bicyclic) bond motifs is 1. The van der Waals surface area contributed by atoms with E-state index in [0.717, 1.165) is 30.6 Å². The van der Waals surface area contributed by atoms with Crippen LogP contribution in [0.1, 0.15) is 46.0 Å². The van der Waals surface area contributed by atoms with Crippen molar-refractivity contribution in [1.82, 2.24) is 5.32 Å². The predicted octanol–water partition coefficient (Wildman–Crippen LogP) is 2.98. The lowest BCUT2D eigenvalue weighted by Crippen LogP contribution is -2.38. The minimum atomic E-state index is -3.59. The smallest absolute Gasteiger partial charge is 0.237 e. The van der Waals surface area contributed by atoms with Crippen LogP contribution in [0.4, 0.5) is 5.69 Å². The van der Waals surface area contributed by atoms with E-state index >= 15 is 0 Å². The summed E-state index contributed by atoms with van der Waals surface area (Å²) in [6.45, 7) is 4.02. The van der Waals surface area contributed by atoms with Gasteiger partial charge in [-0.25, -0.2) is 8.42 Å². The summed E-state index contributed by atoms with van der Waals surface area (Å²) in [5, 5.41) is 5.50. The highest BCUT2D eigenvalue weighted by atomic mass is 32.2. The quantitative estimate of drug-likeness (QED) is 0.779. The van der Waals surface area contributed by atoms with E-state index in [0.29, 0.717) is 11.6 Å². The molecule has 1 aliphatic carbocycles. The van der Waals surface area contributed by atoms with Crippen molar-refractivity contribution >= 4 is 39.1 Å². The average Bonchev–Trinajstić information content (AvgIpc) is 2.62. The first-order valence-electron chi connectivity index (χ1n) is 9.38. The molecule has 0 saturated heterocycles. The second kappa shape index (κ2) is 8.22. The van der Waals surface area contributed by atoms with Crippen LogP contribution in [0, 0.1) is 5.92 Å². The Kier molecular flexibility index (Phi) is 6.15. The van der Waals surface area contributed by atoms with Gasteiger partial charge in [-0.05, 0) is 56.7 Å². The Balaban J connectivity index is 1.59. The number of nitrogens with one attached hydrogen (secondary N) is 2. The molecular weight excluding hydrogens is 384 g/mol. The molecule has 1 aromatic carbocycles. The lowest BCUT2D eigenvalue weighted by atomic mass is 9.87. The summed E-state index contributed by atoms with van der Waals surface area (Å²) in [4.78, 5) is 24.9. The van der Waals surface area contributed by atoms with Gasteiger partial charge in [-0.2, -0.15) is 0 Å². The number of hydrogen-bond donors (Lipinski definition) is 2. The lowest BCUT2D eigenvalue weighted by Gasteiger charge is -2.26. The molecule has 0 aromatic heterocycles. The Hall–Kier alpha value is -1.54. The van der Waals surface area contributed by atoms with Gasteiger partial charge in [-0.1, -0.05) is 6.92 Å². The third kappa shape index (κ3) is 5.04. The lowest BCUT2D eigenvalue weighted by molar-refractivity contribution is -0.121. The van der Waals surface area contributed by atoms with Gasteiger partial charge in [-0.15, -0.1) is 11.8 Å². The monoisotopic (exact) mass is 410 g/mol. The van der Waals surface area contributed by atoms with E-state index in [9.17, 15) is 18.0 Å². The third-order valence-electron chi connectivity index (χ3n) is 5.22. The second-order valence-electron chi connectivity index (χ2n) is 7.50. The molecule has 1 saturated carbocycles. The van der Waals surface area contributed by atoms with Crippen molar-refractivity contribution in [1.29, 1.82) is 0 Å². The van der Waals surface area contributed by atoms with Crippen molar-refractivity contribution in [3.05, 3.63) is 18.2 Å². The molecule has 0 radical (unpaired) electrons. The first-order valence-corrected chi connectivity index (χ1v) is 11.9. The Labute approximate surface area is 164 Å². The molecule has 1 fully saturated rings. The van der Waals surface area contributed by atoms with Crippen LogP contribution < -0.4 is 10.6 Å². The van der Waals surface area contributed by atoms with Crippen LogP contribution in [0.5, 0.6) is 0 Å². The minimum Gasteiger partial charge on any atom is -0.353 e. The fourth-order valence-electron chi connectivity index (χ4n) is 3.43. The van der Waals surface area contributed by atoms with Gasteiger partial charge in [0.25, 0.3) is 0 Å². The summed E-state index contributed by atoms with van der Waals surface area (Å²) >= 11 is 1.41. The Morgan fingerprint density at radius 3 is 2.63 bits per heavy atom. The normalized spacial score (nSPS) is 25.4. The van der Waals surface area contributed by atoms with Crippen LogP contribution in [0.2, 0.25) is 0 Å². The number of thioether (sulfide) groups is 1. The van der Waals surface area contributed by atoms with Crippen molar-refractivity contribution in [2.45, 2.75) is 67.0 Å².